The van der Waals surface area contributed by atoms with Gasteiger partial charge in [0.15, 0.2) is 11.6 Å². The summed E-state index contributed by atoms with van der Waals surface area (Å²) in [6, 6.07) is 0. The first-order valence-electron chi connectivity index (χ1n) is 3.26. The van der Waals surface area contributed by atoms with Crippen molar-refractivity contribution >= 4 is 11.6 Å². The molecule has 58 valence electrons. The highest BCUT2D eigenvalue weighted by Crippen LogP contribution is 1.96. The maximum absolute atomic E-state index is 10.6. The normalized spacial score (nSPS) is 12.7. The molecule has 0 aromatic rings. The van der Waals surface area contributed by atoms with E-state index in [2.05, 4.69) is 0 Å². The minimum Gasteiger partial charge on any atom is -0.393 e. The molecular weight excluding hydrogens is 132 g/mol. The summed E-state index contributed by atoms with van der Waals surface area (Å²) < 4.78 is 0. The Morgan fingerprint density at radius 2 is 2.00 bits per heavy atom. The molecule has 1 atom stereocenters. The van der Waals surface area contributed by atoms with E-state index in [0.29, 0.717) is 6.42 Å². The van der Waals surface area contributed by atoms with Crippen molar-refractivity contribution in [3.8, 4) is 0 Å². The Morgan fingerprint density at radius 1 is 1.50 bits per heavy atom. The van der Waals surface area contributed by atoms with Gasteiger partial charge in [-0.25, -0.2) is 0 Å². The van der Waals surface area contributed by atoms with Crippen LogP contribution in [0.15, 0.2) is 0 Å². The Labute approximate surface area is 60.0 Å². The maximum atomic E-state index is 10.6. The van der Waals surface area contributed by atoms with E-state index in [4.69, 9.17) is 5.11 Å². The zero-order chi connectivity index (χ0) is 8.15. The molecule has 0 aliphatic rings. The first-order chi connectivity index (χ1) is 4.54. The van der Waals surface area contributed by atoms with Crippen molar-refractivity contribution in [2.24, 2.45) is 0 Å². The van der Waals surface area contributed by atoms with Crippen LogP contribution in [0.1, 0.15) is 26.7 Å². The lowest BCUT2D eigenvalue weighted by Gasteiger charge is -1.99. The average Bonchev–Trinajstić information content (AvgIpc) is 1.82. The summed E-state index contributed by atoms with van der Waals surface area (Å²) in [5.41, 5.74) is 0. The summed E-state index contributed by atoms with van der Waals surface area (Å²) >= 11 is 0. The largest absolute Gasteiger partial charge is 0.393 e. The highest BCUT2D eigenvalue weighted by molar-refractivity contribution is 6.36. The molecule has 0 radical (unpaired) electrons. The van der Waals surface area contributed by atoms with Gasteiger partial charge in [0, 0.05) is 13.3 Å². The molecule has 0 spiro atoms. The molecule has 1 unspecified atom stereocenters. The van der Waals surface area contributed by atoms with Gasteiger partial charge in [-0.15, -0.1) is 0 Å². The highest BCUT2D eigenvalue weighted by Gasteiger charge is 2.08. The van der Waals surface area contributed by atoms with Gasteiger partial charge in [-0.3, -0.25) is 9.59 Å². The van der Waals surface area contributed by atoms with E-state index in [0.717, 1.165) is 0 Å². The van der Waals surface area contributed by atoms with Crippen LogP contribution in [0.5, 0.6) is 0 Å². The minimum absolute atomic E-state index is 0.160. The van der Waals surface area contributed by atoms with Crippen LogP contribution in [0.25, 0.3) is 0 Å². The lowest BCUT2D eigenvalue weighted by atomic mass is 10.1. The van der Waals surface area contributed by atoms with Crippen LogP contribution >= 0.6 is 0 Å². The minimum atomic E-state index is -0.497. The van der Waals surface area contributed by atoms with Crippen LogP contribution in [-0.2, 0) is 9.59 Å². The molecule has 3 heteroatoms. The maximum Gasteiger partial charge on any atom is 0.198 e. The van der Waals surface area contributed by atoms with E-state index in [1.165, 1.54) is 6.92 Å². The lowest BCUT2D eigenvalue weighted by Crippen LogP contribution is -2.12. The Bertz CT molecular complexity index is 138. The molecule has 0 aromatic heterocycles. The van der Waals surface area contributed by atoms with Crippen LogP contribution in [0.2, 0.25) is 0 Å². The summed E-state index contributed by atoms with van der Waals surface area (Å²) in [6.07, 6.45) is 0.0362. The van der Waals surface area contributed by atoms with Crippen molar-refractivity contribution in [1.82, 2.24) is 0 Å². The van der Waals surface area contributed by atoms with E-state index < -0.39 is 17.7 Å². The number of rotatable bonds is 4. The molecule has 10 heavy (non-hydrogen) atoms. The van der Waals surface area contributed by atoms with Crippen molar-refractivity contribution in [2.45, 2.75) is 32.8 Å². The van der Waals surface area contributed by atoms with Gasteiger partial charge in [0.25, 0.3) is 0 Å². The van der Waals surface area contributed by atoms with Crippen LogP contribution in [-0.4, -0.2) is 22.8 Å². The predicted molar refractivity (Wildman–Crippen MR) is 36.6 cm³/mol. The third kappa shape index (κ3) is 4.21. The van der Waals surface area contributed by atoms with E-state index in [1.807, 2.05) is 0 Å². The zero-order valence-corrected chi connectivity index (χ0v) is 6.26. The molecule has 0 heterocycles. The molecule has 0 aromatic carbocycles. The van der Waals surface area contributed by atoms with Gasteiger partial charge in [0.1, 0.15) is 0 Å². The van der Waals surface area contributed by atoms with E-state index in [9.17, 15) is 9.59 Å². The number of carbonyl (C=O) groups is 2. The monoisotopic (exact) mass is 144 g/mol. The van der Waals surface area contributed by atoms with Crippen molar-refractivity contribution in [2.75, 3.05) is 0 Å². The SMILES string of the molecule is CC(=O)C(=O)CCC(C)O. The first-order valence-corrected chi connectivity index (χ1v) is 3.26. The Hall–Kier alpha value is -0.700. The third-order valence-corrected chi connectivity index (χ3v) is 1.18. The molecular formula is C7H12O3. The lowest BCUT2D eigenvalue weighted by molar-refractivity contribution is -0.135. The summed E-state index contributed by atoms with van der Waals surface area (Å²) in [7, 11) is 0. The van der Waals surface area contributed by atoms with E-state index in [-0.39, 0.29) is 6.42 Å². The summed E-state index contributed by atoms with van der Waals surface area (Å²) in [5.74, 6) is -0.832. The topological polar surface area (TPSA) is 54.4 Å². The standard InChI is InChI=1S/C7H12O3/c1-5(8)3-4-7(10)6(2)9/h5,8H,3-4H2,1-2H3. The second-order valence-electron chi connectivity index (χ2n) is 2.37. The van der Waals surface area contributed by atoms with E-state index >= 15 is 0 Å². The molecule has 0 bridgehead atoms. The van der Waals surface area contributed by atoms with Crippen molar-refractivity contribution < 1.29 is 14.7 Å². The van der Waals surface area contributed by atoms with Crippen molar-refractivity contribution in [1.29, 1.82) is 0 Å². The van der Waals surface area contributed by atoms with Crippen LogP contribution in [0.3, 0.4) is 0 Å². The summed E-state index contributed by atoms with van der Waals surface area (Å²) in [4.78, 5) is 20.9. The number of hydrogen-bond acceptors (Lipinski definition) is 3. The molecule has 1 N–H and O–H groups in total. The quantitative estimate of drug-likeness (QED) is 0.577. The Balaban J connectivity index is 3.50. The molecule has 0 fully saturated rings. The fourth-order valence-corrected chi connectivity index (χ4v) is 0.516. The van der Waals surface area contributed by atoms with Gasteiger partial charge in [-0.1, -0.05) is 0 Å². The smallest absolute Gasteiger partial charge is 0.198 e. The number of hydrogen-bond donors (Lipinski definition) is 1. The predicted octanol–water partition coefficient (Wildman–Crippen LogP) is 0.305. The molecule has 3 nitrogen and oxygen atoms in total. The second-order valence-corrected chi connectivity index (χ2v) is 2.37. The molecule has 0 saturated carbocycles. The van der Waals surface area contributed by atoms with Crippen LogP contribution < -0.4 is 0 Å². The zero-order valence-electron chi connectivity index (χ0n) is 6.26. The van der Waals surface area contributed by atoms with Crippen molar-refractivity contribution in [3.05, 3.63) is 0 Å². The average molecular weight is 144 g/mol. The molecule has 0 saturated heterocycles. The fraction of sp³-hybridized carbons (Fsp3) is 0.714. The van der Waals surface area contributed by atoms with Gasteiger partial charge < -0.3 is 5.11 Å². The summed E-state index contributed by atoms with van der Waals surface area (Å²) in [6.45, 7) is 2.83. The number of aliphatic hydroxyl groups excluding tert-OH is 1. The van der Waals surface area contributed by atoms with Gasteiger partial charge in [-0.2, -0.15) is 0 Å². The Kier molecular flexibility index (Phi) is 3.88. The molecule has 0 amide bonds. The van der Waals surface area contributed by atoms with Crippen LogP contribution in [0, 0.1) is 0 Å². The fourth-order valence-electron chi connectivity index (χ4n) is 0.516. The summed E-state index contributed by atoms with van der Waals surface area (Å²) in [5, 5.41) is 8.72. The third-order valence-electron chi connectivity index (χ3n) is 1.18. The second kappa shape index (κ2) is 4.17. The molecule has 0 rings (SSSR count). The number of aliphatic hydroxyl groups is 1. The van der Waals surface area contributed by atoms with Gasteiger partial charge >= 0.3 is 0 Å². The van der Waals surface area contributed by atoms with Gasteiger partial charge in [-0.05, 0) is 13.3 Å². The highest BCUT2D eigenvalue weighted by atomic mass is 16.3. The number of ketones is 2. The van der Waals surface area contributed by atoms with Crippen LogP contribution in [0.4, 0.5) is 0 Å². The van der Waals surface area contributed by atoms with Crippen molar-refractivity contribution in [3.63, 3.8) is 0 Å². The molecule has 0 aliphatic carbocycles. The molecule has 0 aliphatic heterocycles. The van der Waals surface area contributed by atoms with E-state index in [1.54, 1.807) is 6.92 Å². The number of carbonyl (C=O) groups excluding carboxylic acids is 2. The first kappa shape index (κ1) is 9.30. The van der Waals surface area contributed by atoms with Gasteiger partial charge in [0.05, 0.1) is 6.10 Å². The number of Topliss-reactive ketones (excluding diaryl/α,β-unsaturated/α-hetero) is 2. The Morgan fingerprint density at radius 3 is 2.30 bits per heavy atom. The van der Waals surface area contributed by atoms with Gasteiger partial charge in [0.2, 0.25) is 0 Å².